The lowest BCUT2D eigenvalue weighted by atomic mass is 9.47. The molecule has 0 aromatic heterocycles. The number of allylic oxidation sites excluding steroid dienone is 1. The molecule has 0 aromatic carbocycles. The van der Waals surface area contributed by atoms with E-state index in [0.717, 1.165) is 48.3 Å². The molecule has 10 atom stereocenters. The second-order valence-corrected chi connectivity index (χ2v) is 16.1. The Balaban J connectivity index is 1.05. The summed E-state index contributed by atoms with van der Waals surface area (Å²) in [5.41, 5.74) is 2.45. The average Bonchev–Trinajstić information content (AvgIpc) is 3.63. The molecule has 8 heteroatoms. The van der Waals surface area contributed by atoms with Gasteiger partial charge in [0.05, 0.1) is 39.1 Å². The lowest BCUT2D eigenvalue weighted by Crippen LogP contribution is -2.51. The van der Waals surface area contributed by atoms with E-state index >= 15 is 0 Å². The smallest absolute Gasteiger partial charge is 0.272 e. The Hall–Kier alpha value is -1.03. The minimum atomic E-state index is -0.665. The Morgan fingerprint density at radius 3 is 2.61 bits per heavy atom. The lowest BCUT2D eigenvalue weighted by Gasteiger charge is -2.58. The van der Waals surface area contributed by atoms with Crippen LogP contribution in [0.3, 0.4) is 0 Å². The van der Waals surface area contributed by atoms with E-state index in [9.17, 15) is 4.79 Å². The number of rotatable bonds is 17. The van der Waals surface area contributed by atoms with E-state index < -0.39 is 6.48 Å². The minimum absolute atomic E-state index is 0.00290. The van der Waals surface area contributed by atoms with Crippen molar-refractivity contribution in [2.75, 3.05) is 53.3 Å². The zero-order valence-corrected chi connectivity index (χ0v) is 29.9. The van der Waals surface area contributed by atoms with Gasteiger partial charge in [-0.15, -0.1) is 0 Å². The summed E-state index contributed by atoms with van der Waals surface area (Å²) < 4.78 is 33.9. The van der Waals surface area contributed by atoms with Crippen LogP contribution < -0.4 is 5.32 Å². The van der Waals surface area contributed by atoms with Crippen molar-refractivity contribution in [3.63, 3.8) is 0 Å². The van der Waals surface area contributed by atoms with E-state index in [2.05, 4.69) is 46.0 Å². The molecule has 8 nitrogen and oxygen atoms in total. The van der Waals surface area contributed by atoms with Crippen LogP contribution in [0.15, 0.2) is 11.6 Å². The van der Waals surface area contributed by atoms with Gasteiger partial charge in [-0.05, 0) is 97.7 Å². The van der Waals surface area contributed by atoms with Crippen LogP contribution in [0.2, 0.25) is 0 Å². The molecule has 1 heterocycles. The van der Waals surface area contributed by atoms with Gasteiger partial charge in [-0.25, -0.2) is 0 Å². The van der Waals surface area contributed by atoms with Crippen molar-refractivity contribution < 1.29 is 33.2 Å². The number of hydrogen-bond acceptors (Lipinski definition) is 7. The van der Waals surface area contributed by atoms with Gasteiger partial charge in [0.15, 0.2) is 0 Å². The van der Waals surface area contributed by atoms with Crippen molar-refractivity contribution in [3.05, 3.63) is 11.6 Å². The number of ether oxygens (including phenoxy) is 6. The SMILES string of the molecule is COCCOCCOCC(=O)NCC1COC(O[C@H]2CC[C@@]3(C)C(=CC[C@H]4[C@@H]5CC[C@H]([C@H](C)CCCC(C)C)[C@@]5(C)CC[C@@H]43)C2)O1. The van der Waals surface area contributed by atoms with E-state index in [4.69, 9.17) is 28.4 Å². The third kappa shape index (κ3) is 8.57. The summed E-state index contributed by atoms with van der Waals surface area (Å²) in [6.07, 6.45) is 16.9. The summed E-state index contributed by atoms with van der Waals surface area (Å²) in [5.74, 6) is 4.94. The fraction of sp³-hybridized carbons (Fsp3) is 0.921. The van der Waals surface area contributed by atoms with E-state index in [0.29, 0.717) is 50.4 Å². The quantitative estimate of drug-likeness (QED) is 0.136. The van der Waals surface area contributed by atoms with Crippen LogP contribution in [0.5, 0.6) is 0 Å². The number of carbonyl (C=O) groups excluding carboxylic acids is 1. The van der Waals surface area contributed by atoms with Gasteiger partial charge in [0.25, 0.3) is 6.48 Å². The number of amides is 1. The molecule has 5 aliphatic rings. The normalized spacial score (nSPS) is 37.8. The first-order chi connectivity index (χ1) is 22.1. The largest absolute Gasteiger partial charge is 0.382 e. The Morgan fingerprint density at radius 1 is 1.00 bits per heavy atom. The summed E-state index contributed by atoms with van der Waals surface area (Å²) in [4.78, 5) is 12.1. The van der Waals surface area contributed by atoms with E-state index in [1.807, 2.05) is 0 Å². The standard InChI is InChI=1S/C38H65NO7/c1-26(2)8-7-9-27(3)32-12-13-33-31-11-10-28-22-29(14-16-37(28,4)34(31)15-17-38(32,33)5)45-36-44-24-30(46-36)23-39-35(40)25-43-21-20-42-19-18-41-6/h10,26-27,29-34,36H,7-9,11-25H2,1-6H3,(H,39,40)/t27-,29+,30?,31+,32-,33+,34+,36?,37+,38-/m1/s1. The van der Waals surface area contributed by atoms with Gasteiger partial charge < -0.3 is 33.7 Å². The van der Waals surface area contributed by atoms with Crippen LogP contribution in [0.4, 0.5) is 0 Å². The maximum absolute atomic E-state index is 12.1. The van der Waals surface area contributed by atoms with Crippen molar-refractivity contribution in [3.8, 4) is 0 Å². The first-order valence-electron chi connectivity index (χ1n) is 18.7. The van der Waals surface area contributed by atoms with E-state index in [1.54, 1.807) is 12.7 Å². The van der Waals surface area contributed by atoms with Crippen molar-refractivity contribution in [2.45, 2.75) is 124 Å². The summed E-state index contributed by atoms with van der Waals surface area (Å²) in [6, 6.07) is 0. The van der Waals surface area contributed by atoms with Crippen molar-refractivity contribution in [1.29, 1.82) is 0 Å². The zero-order chi connectivity index (χ0) is 32.7. The molecule has 0 bridgehead atoms. The number of nitrogens with one attached hydrogen (secondary N) is 1. The molecule has 2 unspecified atom stereocenters. The topological polar surface area (TPSA) is 84.5 Å². The molecule has 0 aromatic rings. The monoisotopic (exact) mass is 647 g/mol. The molecule has 1 saturated heterocycles. The Morgan fingerprint density at radius 2 is 1.80 bits per heavy atom. The second kappa shape index (κ2) is 16.6. The van der Waals surface area contributed by atoms with Gasteiger partial charge in [-0.3, -0.25) is 4.79 Å². The highest BCUT2D eigenvalue weighted by Gasteiger charge is 2.59. The Kier molecular flexibility index (Phi) is 13.1. The molecule has 4 fully saturated rings. The van der Waals surface area contributed by atoms with Gasteiger partial charge >= 0.3 is 0 Å². The highest BCUT2D eigenvalue weighted by atomic mass is 16.9. The summed E-state index contributed by atoms with van der Waals surface area (Å²) >= 11 is 0. The fourth-order valence-corrected chi connectivity index (χ4v) is 10.3. The Bertz CT molecular complexity index is 1000. The number of fused-ring (bicyclic) bond motifs is 5. The predicted molar refractivity (Wildman–Crippen MR) is 179 cm³/mol. The molecule has 46 heavy (non-hydrogen) atoms. The van der Waals surface area contributed by atoms with Crippen LogP contribution in [0, 0.1) is 46.3 Å². The maximum atomic E-state index is 12.1. The van der Waals surface area contributed by atoms with Gasteiger partial charge in [0.2, 0.25) is 5.91 Å². The van der Waals surface area contributed by atoms with E-state index in [1.165, 1.54) is 57.8 Å². The summed E-state index contributed by atoms with van der Waals surface area (Å²) in [5, 5.41) is 2.87. The predicted octanol–water partition coefficient (Wildman–Crippen LogP) is 6.91. The molecular formula is C38H65NO7. The highest BCUT2D eigenvalue weighted by molar-refractivity contribution is 5.77. The zero-order valence-electron chi connectivity index (χ0n) is 29.9. The molecular weight excluding hydrogens is 582 g/mol. The van der Waals surface area contributed by atoms with E-state index in [-0.39, 0.29) is 24.7 Å². The van der Waals surface area contributed by atoms with Crippen LogP contribution in [0.25, 0.3) is 0 Å². The van der Waals surface area contributed by atoms with Gasteiger partial charge in [0, 0.05) is 13.7 Å². The van der Waals surface area contributed by atoms with Gasteiger partial charge in [-0.2, -0.15) is 0 Å². The molecule has 1 N–H and O–H groups in total. The van der Waals surface area contributed by atoms with Crippen LogP contribution >= 0.6 is 0 Å². The Labute approximate surface area is 279 Å². The molecule has 0 spiro atoms. The molecule has 1 aliphatic heterocycles. The number of carbonyl (C=O) groups is 1. The highest BCUT2D eigenvalue weighted by Crippen LogP contribution is 2.67. The minimum Gasteiger partial charge on any atom is -0.382 e. The van der Waals surface area contributed by atoms with Crippen molar-refractivity contribution in [1.82, 2.24) is 5.32 Å². The number of hydrogen-bond donors (Lipinski definition) is 1. The molecule has 0 radical (unpaired) electrons. The van der Waals surface area contributed by atoms with Gasteiger partial charge in [-0.1, -0.05) is 65.5 Å². The lowest BCUT2D eigenvalue weighted by molar-refractivity contribution is -0.262. The third-order valence-corrected chi connectivity index (χ3v) is 12.8. The molecule has 5 rings (SSSR count). The first kappa shape index (κ1) is 36.3. The number of methoxy groups -OCH3 is 1. The van der Waals surface area contributed by atoms with Gasteiger partial charge in [0.1, 0.15) is 12.7 Å². The van der Waals surface area contributed by atoms with Crippen molar-refractivity contribution in [2.24, 2.45) is 46.3 Å². The second-order valence-electron chi connectivity index (χ2n) is 16.1. The van der Waals surface area contributed by atoms with Crippen LogP contribution in [-0.2, 0) is 33.2 Å². The molecule has 4 aliphatic carbocycles. The van der Waals surface area contributed by atoms with Crippen molar-refractivity contribution >= 4 is 5.91 Å². The molecule has 3 saturated carbocycles. The first-order valence-corrected chi connectivity index (χ1v) is 18.7. The fourth-order valence-electron chi connectivity index (χ4n) is 10.3. The average molecular weight is 648 g/mol. The molecule has 264 valence electrons. The maximum Gasteiger partial charge on any atom is 0.272 e. The summed E-state index contributed by atoms with van der Waals surface area (Å²) in [6.45, 7) is 14.6. The summed E-state index contributed by atoms with van der Waals surface area (Å²) in [7, 11) is 1.63. The van der Waals surface area contributed by atoms with Crippen LogP contribution in [0.1, 0.15) is 105 Å². The molecule has 1 amide bonds. The van der Waals surface area contributed by atoms with Crippen LogP contribution in [-0.4, -0.2) is 77.9 Å². The third-order valence-electron chi connectivity index (χ3n) is 12.8.